The lowest BCUT2D eigenvalue weighted by Gasteiger charge is -2.14. The Morgan fingerprint density at radius 1 is 1.14 bits per heavy atom. The van der Waals surface area contributed by atoms with Gasteiger partial charge in [-0.25, -0.2) is 5.43 Å². The molecule has 1 aromatic heterocycles. The number of aromatic nitrogens is 1. The van der Waals surface area contributed by atoms with Gasteiger partial charge in [-0.05, 0) is 68.1 Å². The van der Waals surface area contributed by atoms with Crippen molar-refractivity contribution >= 4 is 23.7 Å². The van der Waals surface area contributed by atoms with E-state index in [1.807, 2.05) is 39.0 Å². The molecule has 186 valence electrons. The largest absolute Gasteiger partial charge is 0.483 e. The quantitative estimate of drug-likeness (QED) is 0.286. The molecule has 0 saturated carbocycles. The van der Waals surface area contributed by atoms with Gasteiger partial charge in [0.05, 0.1) is 16.8 Å². The van der Waals surface area contributed by atoms with Crippen molar-refractivity contribution < 1.29 is 22.7 Å². The zero-order chi connectivity index (χ0) is 25.9. The van der Waals surface area contributed by atoms with E-state index >= 15 is 0 Å². The van der Waals surface area contributed by atoms with Crippen molar-refractivity contribution in [1.29, 1.82) is 0 Å². The van der Waals surface area contributed by atoms with Crippen molar-refractivity contribution in [3.05, 3.63) is 81.1 Å². The van der Waals surface area contributed by atoms with Crippen molar-refractivity contribution in [2.75, 3.05) is 6.61 Å². The van der Waals surface area contributed by atoms with Gasteiger partial charge in [-0.1, -0.05) is 37.6 Å². The first kappa shape index (κ1) is 26.3. The maximum Gasteiger partial charge on any atom is 0.417 e. The van der Waals surface area contributed by atoms with Crippen molar-refractivity contribution in [2.24, 2.45) is 5.10 Å². The third-order valence-corrected chi connectivity index (χ3v) is 5.86. The first-order chi connectivity index (χ1) is 16.4. The predicted molar refractivity (Wildman–Crippen MR) is 132 cm³/mol. The Hall–Kier alpha value is -3.26. The number of benzene rings is 2. The maximum atomic E-state index is 13.3. The second kappa shape index (κ2) is 10.6. The van der Waals surface area contributed by atoms with Gasteiger partial charge in [0, 0.05) is 22.6 Å². The van der Waals surface area contributed by atoms with Crippen LogP contribution < -0.4 is 10.2 Å². The van der Waals surface area contributed by atoms with Crippen molar-refractivity contribution in [2.45, 2.75) is 46.7 Å². The Bertz CT molecular complexity index is 1260. The average Bonchev–Trinajstić information content (AvgIpc) is 3.05. The molecule has 1 N–H and O–H groups in total. The van der Waals surface area contributed by atoms with Crippen LogP contribution in [0.1, 0.15) is 53.4 Å². The molecule has 0 aliphatic heterocycles. The SMILES string of the molecule is Cc1ccc(C(C)C)c(OCC(=O)N/N=C\c2cc(C)n(-c3ccc(Cl)c(C(F)(F)F)c3)c2C)c1. The van der Waals surface area contributed by atoms with Crippen LogP contribution in [0, 0.1) is 20.8 Å². The average molecular weight is 506 g/mol. The lowest BCUT2D eigenvalue weighted by molar-refractivity contribution is -0.137. The van der Waals surface area contributed by atoms with E-state index in [1.54, 1.807) is 24.5 Å². The van der Waals surface area contributed by atoms with Gasteiger partial charge in [0.15, 0.2) is 6.61 Å². The second-order valence-electron chi connectivity index (χ2n) is 8.60. The van der Waals surface area contributed by atoms with Crippen LogP contribution in [0.3, 0.4) is 0 Å². The molecular weight excluding hydrogens is 479 g/mol. The monoisotopic (exact) mass is 505 g/mol. The standard InChI is InChI=1S/C26H27ClF3N3O2/c1-15(2)21-8-6-16(3)10-24(21)35-14-25(34)32-31-13-19-11-17(4)33(18(19)5)20-7-9-23(27)22(12-20)26(28,29)30/h6-13,15H,14H2,1-5H3,(H,32,34)/b31-13-. The summed E-state index contributed by atoms with van der Waals surface area (Å²) >= 11 is 5.75. The van der Waals surface area contributed by atoms with Crippen LogP contribution >= 0.6 is 11.6 Å². The summed E-state index contributed by atoms with van der Waals surface area (Å²) in [5.74, 6) is 0.470. The summed E-state index contributed by atoms with van der Waals surface area (Å²) < 4.78 is 47.2. The Morgan fingerprint density at radius 3 is 2.51 bits per heavy atom. The Morgan fingerprint density at radius 2 is 1.86 bits per heavy atom. The van der Waals surface area contributed by atoms with Crippen molar-refractivity contribution in [3.8, 4) is 11.4 Å². The number of amides is 1. The van der Waals surface area contributed by atoms with E-state index in [0.717, 1.165) is 17.2 Å². The number of hydrogen-bond acceptors (Lipinski definition) is 3. The van der Waals surface area contributed by atoms with Gasteiger partial charge in [0.2, 0.25) is 0 Å². The summed E-state index contributed by atoms with van der Waals surface area (Å²) in [6.45, 7) is 9.37. The first-order valence-electron chi connectivity index (χ1n) is 11.0. The molecule has 3 aromatic rings. The van der Waals surface area contributed by atoms with E-state index in [9.17, 15) is 18.0 Å². The van der Waals surface area contributed by atoms with Crippen LogP contribution in [0.2, 0.25) is 5.02 Å². The van der Waals surface area contributed by atoms with Crippen LogP contribution in [-0.2, 0) is 11.0 Å². The molecule has 2 aromatic carbocycles. The number of nitrogens with zero attached hydrogens (tertiary/aromatic N) is 2. The number of ether oxygens (including phenoxy) is 1. The highest BCUT2D eigenvalue weighted by Gasteiger charge is 2.33. The molecule has 0 atom stereocenters. The minimum absolute atomic E-state index is 0.204. The molecule has 0 saturated heterocycles. The van der Waals surface area contributed by atoms with Crippen LogP contribution in [0.15, 0.2) is 47.6 Å². The number of carbonyl (C=O) groups excluding carboxylic acids is 1. The predicted octanol–water partition coefficient (Wildman–Crippen LogP) is 6.73. The van der Waals surface area contributed by atoms with Crippen molar-refractivity contribution in [3.63, 3.8) is 0 Å². The fourth-order valence-electron chi connectivity index (χ4n) is 3.78. The number of alkyl halides is 3. The first-order valence-corrected chi connectivity index (χ1v) is 11.4. The highest BCUT2D eigenvalue weighted by Crippen LogP contribution is 2.36. The van der Waals surface area contributed by atoms with Crippen LogP contribution in [0.5, 0.6) is 5.75 Å². The molecule has 5 nitrogen and oxygen atoms in total. The number of hydrazone groups is 1. The molecule has 9 heteroatoms. The number of hydrogen-bond donors (Lipinski definition) is 1. The van der Waals surface area contributed by atoms with Gasteiger partial charge < -0.3 is 9.30 Å². The Kier molecular flexibility index (Phi) is 7.95. The van der Waals surface area contributed by atoms with Gasteiger partial charge in [0.25, 0.3) is 5.91 Å². The summed E-state index contributed by atoms with van der Waals surface area (Å²) in [4.78, 5) is 12.2. The Balaban J connectivity index is 1.71. The third-order valence-electron chi connectivity index (χ3n) is 5.53. The van der Waals surface area contributed by atoms with Gasteiger partial charge >= 0.3 is 6.18 Å². The fraction of sp³-hybridized carbons (Fsp3) is 0.308. The molecule has 0 fully saturated rings. The van der Waals surface area contributed by atoms with Gasteiger partial charge in [0.1, 0.15) is 5.75 Å². The summed E-state index contributed by atoms with van der Waals surface area (Å²) in [5.41, 5.74) is 5.90. The van der Waals surface area contributed by atoms with Crippen LogP contribution in [0.4, 0.5) is 13.2 Å². The molecule has 0 aliphatic rings. The molecular formula is C26H27ClF3N3O2. The lowest BCUT2D eigenvalue weighted by Crippen LogP contribution is -2.25. The van der Waals surface area contributed by atoms with Crippen molar-refractivity contribution in [1.82, 2.24) is 9.99 Å². The minimum Gasteiger partial charge on any atom is -0.483 e. The number of nitrogens with one attached hydrogen (secondary N) is 1. The fourth-order valence-corrected chi connectivity index (χ4v) is 4.00. The minimum atomic E-state index is -4.56. The molecule has 1 heterocycles. The highest BCUT2D eigenvalue weighted by molar-refractivity contribution is 6.31. The van der Waals surface area contributed by atoms with E-state index in [2.05, 4.69) is 10.5 Å². The van der Waals surface area contributed by atoms with Crippen LogP contribution in [-0.4, -0.2) is 23.3 Å². The summed E-state index contributed by atoms with van der Waals surface area (Å²) in [7, 11) is 0. The summed E-state index contributed by atoms with van der Waals surface area (Å²) in [6.07, 6.45) is -3.11. The number of aryl methyl sites for hydroxylation is 2. The second-order valence-corrected chi connectivity index (χ2v) is 9.01. The van der Waals surface area contributed by atoms with E-state index in [4.69, 9.17) is 16.3 Å². The zero-order valence-electron chi connectivity index (χ0n) is 20.1. The normalized spacial score (nSPS) is 11.9. The third kappa shape index (κ3) is 6.25. The van der Waals surface area contributed by atoms with Gasteiger partial charge in [-0.3, -0.25) is 4.79 Å². The summed E-state index contributed by atoms with van der Waals surface area (Å²) in [6, 6.07) is 11.4. The van der Waals surface area contributed by atoms with E-state index in [1.165, 1.54) is 18.3 Å². The van der Waals surface area contributed by atoms with E-state index < -0.39 is 17.6 Å². The van der Waals surface area contributed by atoms with E-state index in [0.29, 0.717) is 28.4 Å². The molecule has 0 unspecified atom stereocenters. The molecule has 0 aliphatic carbocycles. The zero-order valence-corrected chi connectivity index (χ0v) is 20.9. The summed E-state index contributed by atoms with van der Waals surface area (Å²) in [5, 5.41) is 3.63. The molecule has 35 heavy (non-hydrogen) atoms. The number of rotatable bonds is 7. The number of carbonyl (C=O) groups is 1. The molecule has 1 amide bonds. The smallest absolute Gasteiger partial charge is 0.417 e. The Labute approximate surface area is 207 Å². The molecule has 0 spiro atoms. The lowest BCUT2D eigenvalue weighted by atomic mass is 10.0. The topological polar surface area (TPSA) is 55.6 Å². The maximum absolute atomic E-state index is 13.3. The van der Waals surface area contributed by atoms with Crippen LogP contribution in [0.25, 0.3) is 5.69 Å². The van der Waals surface area contributed by atoms with E-state index in [-0.39, 0.29) is 17.5 Å². The number of halogens is 4. The molecule has 0 radical (unpaired) electrons. The van der Waals surface area contributed by atoms with Gasteiger partial charge in [-0.15, -0.1) is 0 Å². The van der Waals surface area contributed by atoms with Gasteiger partial charge in [-0.2, -0.15) is 18.3 Å². The molecule has 0 bridgehead atoms. The molecule has 3 rings (SSSR count). The highest BCUT2D eigenvalue weighted by atomic mass is 35.5.